The maximum Gasteiger partial charge on any atom is 0.0387 e. The van der Waals surface area contributed by atoms with Gasteiger partial charge in [0.05, 0.1) is 0 Å². The number of benzene rings is 3. The highest BCUT2D eigenvalue weighted by molar-refractivity contribution is 9.10. The molecule has 0 heterocycles. The van der Waals surface area contributed by atoms with Crippen molar-refractivity contribution in [2.75, 3.05) is 5.32 Å². The molecule has 0 saturated carbocycles. The van der Waals surface area contributed by atoms with E-state index in [1.165, 1.54) is 22.3 Å². The molecule has 1 nitrogen and oxygen atoms in total. The molecule has 0 saturated heterocycles. The van der Waals surface area contributed by atoms with Crippen LogP contribution in [0.2, 0.25) is 0 Å². The number of nitrogens with one attached hydrogen (secondary N) is 1. The summed E-state index contributed by atoms with van der Waals surface area (Å²) in [6, 6.07) is 23.6. The van der Waals surface area contributed by atoms with Gasteiger partial charge in [-0.2, -0.15) is 0 Å². The summed E-state index contributed by atoms with van der Waals surface area (Å²) in [6.45, 7) is 4.60. The Kier molecular flexibility index (Phi) is 3.31. The van der Waals surface area contributed by atoms with Crippen molar-refractivity contribution in [3.05, 3.63) is 82.3 Å². The number of hydrogen-bond acceptors (Lipinski definition) is 1. The van der Waals surface area contributed by atoms with E-state index < -0.39 is 0 Å². The van der Waals surface area contributed by atoms with Crippen LogP contribution in [0.4, 0.5) is 11.4 Å². The molecule has 3 aromatic rings. The van der Waals surface area contributed by atoms with E-state index in [1.807, 2.05) is 18.2 Å². The van der Waals surface area contributed by atoms with Crippen LogP contribution in [-0.2, 0) is 5.41 Å². The van der Waals surface area contributed by atoms with E-state index in [1.54, 1.807) is 0 Å². The van der Waals surface area contributed by atoms with Crippen molar-refractivity contribution in [2.45, 2.75) is 19.3 Å². The summed E-state index contributed by atoms with van der Waals surface area (Å²) in [5.41, 5.74) is 7.72. The predicted octanol–water partition coefficient (Wildman–Crippen LogP) is 6.50. The van der Waals surface area contributed by atoms with E-state index in [4.69, 9.17) is 0 Å². The lowest BCUT2D eigenvalue weighted by atomic mass is 9.82. The van der Waals surface area contributed by atoms with Crippen molar-refractivity contribution in [1.82, 2.24) is 0 Å². The fraction of sp³-hybridized carbons (Fsp3) is 0.143. The molecule has 23 heavy (non-hydrogen) atoms. The van der Waals surface area contributed by atoms with Crippen molar-refractivity contribution in [3.8, 4) is 11.1 Å². The number of hydrogen-bond donors (Lipinski definition) is 1. The standard InChI is InChI=1S/C21H18BrN/c1-21(2)19-12-14(22)8-10-17(19)18-11-9-16(13-20(18)21)23-15-6-4-3-5-7-15/h3-13,23H,1-2H3. The topological polar surface area (TPSA) is 12.0 Å². The third kappa shape index (κ3) is 2.38. The molecule has 1 aliphatic rings. The average Bonchev–Trinajstić information content (AvgIpc) is 2.76. The Hall–Kier alpha value is -2.06. The molecule has 2 heteroatoms. The van der Waals surface area contributed by atoms with Gasteiger partial charge in [-0.15, -0.1) is 0 Å². The van der Waals surface area contributed by atoms with Crippen LogP contribution in [0.25, 0.3) is 11.1 Å². The molecule has 0 aliphatic heterocycles. The second-order valence-corrected chi connectivity index (χ2v) is 7.48. The van der Waals surface area contributed by atoms with Crippen LogP contribution in [0.5, 0.6) is 0 Å². The monoisotopic (exact) mass is 363 g/mol. The van der Waals surface area contributed by atoms with E-state index in [-0.39, 0.29) is 5.41 Å². The first-order valence-electron chi connectivity index (χ1n) is 7.83. The molecular formula is C21H18BrN. The van der Waals surface area contributed by atoms with Gasteiger partial charge in [0.25, 0.3) is 0 Å². The number of rotatable bonds is 2. The van der Waals surface area contributed by atoms with Crippen molar-refractivity contribution >= 4 is 27.3 Å². The Morgan fingerprint density at radius 1 is 0.739 bits per heavy atom. The van der Waals surface area contributed by atoms with Gasteiger partial charge in [0.2, 0.25) is 0 Å². The molecule has 0 atom stereocenters. The first kappa shape index (κ1) is 14.5. The lowest BCUT2D eigenvalue weighted by molar-refractivity contribution is 0.660. The Morgan fingerprint density at radius 3 is 2.13 bits per heavy atom. The fourth-order valence-electron chi connectivity index (χ4n) is 3.48. The van der Waals surface area contributed by atoms with Gasteiger partial charge < -0.3 is 5.32 Å². The van der Waals surface area contributed by atoms with E-state index >= 15 is 0 Å². The number of fused-ring (bicyclic) bond motifs is 3. The zero-order valence-corrected chi connectivity index (χ0v) is 14.8. The predicted molar refractivity (Wildman–Crippen MR) is 101 cm³/mol. The molecule has 114 valence electrons. The minimum absolute atomic E-state index is 0.0167. The molecule has 0 amide bonds. The van der Waals surface area contributed by atoms with Gasteiger partial charge in [0.15, 0.2) is 0 Å². The number of para-hydroxylation sites is 1. The SMILES string of the molecule is CC1(C)c2cc(Br)ccc2-c2ccc(Nc3ccccc3)cc21. The van der Waals surface area contributed by atoms with Crippen molar-refractivity contribution in [2.24, 2.45) is 0 Å². The highest BCUT2D eigenvalue weighted by Gasteiger charge is 2.35. The molecule has 0 bridgehead atoms. The summed E-state index contributed by atoms with van der Waals surface area (Å²) < 4.78 is 1.14. The van der Waals surface area contributed by atoms with Gasteiger partial charge in [0.1, 0.15) is 0 Å². The lowest BCUT2D eigenvalue weighted by Gasteiger charge is -2.22. The zero-order chi connectivity index (χ0) is 16.0. The molecule has 0 fully saturated rings. The summed E-state index contributed by atoms with van der Waals surface area (Å²) >= 11 is 3.61. The smallest absolute Gasteiger partial charge is 0.0387 e. The number of halogens is 1. The summed E-state index contributed by atoms with van der Waals surface area (Å²) in [5.74, 6) is 0. The van der Waals surface area contributed by atoms with Gasteiger partial charge in [-0.1, -0.05) is 60.1 Å². The summed E-state index contributed by atoms with van der Waals surface area (Å²) in [4.78, 5) is 0. The third-order valence-electron chi connectivity index (χ3n) is 4.70. The molecule has 0 aromatic heterocycles. The highest BCUT2D eigenvalue weighted by Crippen LogP contribution is 2.50. The lowest BCUT2D eigenvalue weighted by Crippen LogP contribution is -2.15. The van der Waals surface area contributed by atoms with Crippen LogP contribution >= 0.6 is 15.9 Å². The van der Waals surface area contributed by atoms with Crippen molar-refractivity contribution < 1.29 is 0 Å². The van der Waals surface area contributed by atoms with Crippen molar-refractivity contribution in [3.63, 3.8) is 0 Å². The van der Waals surface area contributed by atoms with Crippen LogP contribution in [0.15, 0.2) is 71.2 Å². The Morgan fingerprint density at radius 2 is 1.39 bits per heavy atom. The second-order valence-electron chi connectivity index (χ2n) is 6.57. The second kappa shape index (κ2) is 5.24. The Bertz CT molecular complexity index is 882. The third-order valence-corrected chi connectivity index (χ3v) is 5.19. The Labute approximate surface area is 145 Å². The minimum atomic E-state index is 0.0167. The van der Waals surface area contributed by atoms with E-state index in [9.17, 15) is 0 Å². The molecule has 0 radical (unpaired) electrons. The molecule has 0 unspecified atom stereocenters. The van der Waals surface area contributed by atoms with Crippen molar-refractivity contribution in [1.29, 1.82) is 0 Å². The molecule has 4 rings (SSSR count). The highest BCUT2D eigenvalue weighted by atomic mass is 79.9. The normalized spacial score (nSPS) is 14.2. The van der Waals surface area contributed by atoms with E-state index in [0.29, 0.717) is 0 Å². The maximum atomic E-state index is 3.61. The van der Waals surface area contributed by atoms with Crippen LogP contribution in [0.3, 0.4) is 0 Å². The Balaban J connectivity index is 1.79. The molecule has 1 N–H and O–H groups in total. The van der Waals surface area contributed by atoms with Crippen LogP contribution < -0.4 is 5.32 Å². The molecule has 3 aromatic carbocycles. The zero-order valence-electron chi connectivity index (χ0n) is 13.2. The van der Waals surface area contributed by atoms with Gasteiger partial charge in [0, 0.05) is 21.3 Å². The van der Waals surface area contributed by atoms with Gasteiger partial charge >= 0.3 is 0 Å². The van der Waals surface area contributed by atoms with E-state index in [2.05, 4.69) is 83.6 Å². The summed E-state index contributed by atoms with van der Waals surface area (Å²) in [5, 5.41) is 3.50. The first-order chi connectivity index (χ1) is 11.1. The van der Waals surface area contributed by atoms with Gasteiger partial charge in [-0.05, 0) is 58.7 Å². The minimum Gasteiger partial charge on any atom is -0.356 e. The first-order valence-corrected chi connectivity index (χ1v) is 8.62. The average molecular weight is 364 g/mol. The van der Waals surface area contributed by atoms with Crippen LogP contribution in [0, 0.1) is 0 Å². The summed E-state index contributed by atoms with van der Waals surface area (Å²) in [7, 11) is 0. The van der Waals surface area contributed by atoms with Crippen LogP contribution in [0.1, 0.15) is 25.0 Å². The van der Waals surface area contributed by atoms with Gasteiger partial charge in [-0.3, -0.25) is 0 Å². The number of anilines is 2. The molecule has 1 aliphatic carbocycles. The molecule has 0 spiro atoms. The van der Waals surface area contributed by atoms with Crippen LogP contribution in [-0.4, -0.2) is 0 Å². The quantitative estimate of drug-likeness (QED) is 0.547. The summed E-state index contributed by atoms with van der Waals surface area (Å²) in [6.07, 6.45) is 0. The maximum absolute atomic E-state index is 3.61. The largest absolute Gasteiger partial charge is 0.356 e. The van der Waals surface area contributed by atoms with Gasteiger partial charge in [-0.25, -0.2) is 0 Å². The van der Waals surface area contributed by atoms with E-state index in [0.717, 1.165) is 15.8 Å². The molecular weight excluding hydrogens is 346 g/mol. The fourth-order valence-corrected chi connectivity index (χ4v) is 3.84.